The number of hydrogen-bond acceptors (Lipinski definition) is 5. The maximum atomic E-state index is 13.3. The van der Waals surface area contributed by atoms with Crippen molar-refractivity contribution in [2.75, 3.05) is 5.73 Å². The summed E-state index contributed by atoms with van der Waals surface area (Å²) in [7, 11) is 0. The Morgan fingerprint density at radius 3 is 2.74 bits per heavy atom. The quantitative estimate of drug-likeness (QED) is 0.713. The standard InChI is InChI=1S/C13H9FN4O/c14-9-7-8(1-2-10(9)15)19-12-4-3-11-13(18-12)17-6-5-16-11/h1-7H,15H2. The van der Waals surface area contributed by atoms with E-state index in [1.807, 2.05) is 0 Å². The molecule has 0 bridgehead atoms. The van der Waals surface area contributed by atoms with Crippen LogP contribution in [0, 0.1) is 5.82 Å². The molecule has 0 fully saturated rings. The maximum absolute atomic E-state index is 13.3. The molecule has 0 radical (unpaired) electrons. The molecule has 0 amide bonds. The molecule has 0 aliphatic heterocycles. The van der Waals surface area contributed by atoms with Gasteiger partial charge in [-0.15, -0.1) is 0 Å². The van der Waals surface area contributed by atoms with E-state index in [1.165, 1.54) is 12.1 Å². The van der Waals surface area contributed by atoms with Gasteiger partial charge in [0.05, 0.1) is 5.69 Å². The SMILES string of the molecule is Nc1ccc(Oc2ccc3nccnc3n2)cc1F. The van der Waals surface area contributed by atoms with Gasteiger partial charge in [-0.1, -0.05) is 0 Å². The van der Waals surface area contributed by atoms with Gasteiger partial charge in [-0.3, -0.25) is 4.98 Å². The van der Waals surface area contributed by atoms with E-state index >= 15 is 0 Å². The number of benzene rings is 1. The van der Waals surface area contributed by atoms with Crippen LogP contribution in [0.2, 0.25) is 0 Å². The van der Waals surface area contributed by atoms with Crippen molar-refractivity contribution in [3.05, 3.63) is 48.5 Å². The lowest BCUT2D eigenvalue weighted by Crippen LogP contribution is -1.94. The number of nitrogen functional groups attached to an aromatic ring is 1. The molecule has 0 spiro atoms. The maximum Gasteiger partial charge on any atom is 0.221 e. The van der Waals surface area contributed by atoms with Crippen molar-refractivity contribution in [2.24, 2.45) is 0 Å². The number of pyridine rings is 1. The second kappa shape index (κ2) is 4.49. The number of hydrogen-bond donors (Lipinski definition) is 1. The molecule has 0 unspecified atom stereocenters. The van der Waals surface area contributed by atoms with Crippen LogP contribution in [0.1, 0.15) is 0 Å². The molecule has 3 rings (SSSR count). The summed E-state index contributed by atoms with van der Waals surface area (Å²) >= 11 is 0. The van der Waals surface area contributed by atoms with Crippen LogP contribution in [-0.2, 0) is 0 Å². The summed E-state index contributed by atoms with van der Waals surface area (Å²) in [5.41, 5.74) is 6.60. The molecular formula is C13H9FN4O. The minimum absolute atomic E-state index is 0.0738. The van der Waals surface area contributed by atoms with Crippen LogP contribution in [0.5, 0.6) is 11.6 Å². The molecule has 1 aromatic carbocycles. The molecule has 2 heterocycles. The van der Waals surface area contributed by atoms with Gasteiger partial charge < -0.3 is 10.5 Å². The van der Waals surface area contributed by atoms with Crippen LogP contribution in [0.3, 0.4) is 0 Å². The average Bonchev–Trinajstić information content (AvgIpc) is 2.43. The van der Waals surface area contributed by atoms with Crippen molar-refractivity contribution >= 4 is 16.9 Å². The summed E-state index contributed by atoms with van der Waals surface area (Å²) < 4.78 is 18.7. The summed E-state index contributed by atoms with van der Waals surface area (Å²) in [5.74, 6) is 0.109. The van der Waals surface area contributed by atoms with Crippen molar-refractivity contribution in [1.29, 1.82) is 0 Å². The monoisotopic (exact) mass is 256 g/mol. The number of nitrogens with two attached hydrogens (primary N) is 1. The van der Waals surface area contributed by atoms with E-state index in [0.29, 0.717) is 22.8 Å². The fourth-order valence-corrected chi connectivity index (χ4v) is 1.59. The third-order valence-corrected chi connectivity index (χ3v) is 2.50. The lowest BCUT2D eigenvalue weighted by Gasteiger charge is -2.06. The van der Waals surface area contributed by atoms with Gasteiger partial charge in [-0.25, -0.2) is 9.37 Å². The molecule has 5 nitrogen and oxygen atoms in total. The Morgan fingerprint density at radius 2 is 1.89 bits per heavy atom. The number of ether oxygens (including phenoxy) is 1. The molecule has 3 aromatic rings. The molecule has 0 saturated heterocycles. The van der Waals surface area contributed by atoms with E-state index < -0.39 is 5.82 Å². The van der Waals surface area contributed by atoms with Crippen LogP contribution in [-0.4, -0.2) is 15.0 Å². The van der Waals surface area contributed by atoms with Crippen LogP contribution in [0.25, 0.3) is 11.2 Å². The summed E-state index contributed by atoms with van der Waals surface area (Å²) in [6.45, 7) is 0. The van der Waals surface area contributed by atoms with Crippen molar-refractivity contribution in [3.8, 4) is 11.6 Å². The van der Waals surface area contributed by atoms with E-state index in [-0.39, 0.29) is 5.69 Å². The van der Waals surface area contributed by atoms with Gasteiger partial charge in [0.25, 0.3) is 0 Å². The Balaban J connectivity index is 1.94. The van der Waals surface area contributed by atoms with Crippen LogP contribution in [0.4, 0.5) is 10.1 Å². The second-order valence-corrected chi connectivity index (χ2v) is 3.83. The Kier molecular flexibility index (Phi) is 2.68. The van der Waals surface area contributed by atoms with Crippen LogP contribution >= 0.6 is 0 Å². The van der Waals surface area contributed by atoms with E-state index in [1.54, 1.807) is 30.6 Å². The predicted octanol–water partition coefficient (Wildman–Crippen LogP) is 2.54. The summed E-state index contributed by atoms with van der Waals surface area (Å²) in [5, 5.41) is 0. The molecule has 0 aliphatic carbocycles. The van der Waals surface area contributed by atoms with Gasteiger partial charge >= 0.3 is 0 Å². The first kappa shape index (κ1) is 11.3. The normalized spacial score (nSPS) is 10.6. The average molecular weight is 256 g/mol. The summed E-state index contributed by atoms with van der Waals surface area (Å²) in [4.78, 5) is 12.3. The minimum Gasteiger partial charge on any atom is -0.439 e. The largest absolute Gasteiger partial charge is 0.439 e. The van der Waals surface area contributed by atoms with Crippen LogP contribution in [0.15, 0.2) is 42.7 Å². The molecule has 2 N–H and O–H groups in total. The van der Waals surface area contributed by atoms with Gasteiger partial charge in [-0.05, 0) is 18.2 Å². The zero-order valence-corrected chi connectivity index (χ0v) is 9.75. The molecule has 19 heavy (non-hydrogen) atoms. The first-order chi connectivity index (χ1) is 9.22. The molecular weight excluding hydrogens is 247 g/mol. The zero-order valence-electron chi connectivity index (χ0n) is 9.75. The van der Waals surface area contributed by atoms with Gasteiger partial charge in [0.2, 0.25) is 5.88 Å². The van der Waals surface area contributed by atoms with E-state index in [2.05, 4.69) is 15.0 Å². The molecule has 6 heteroatoms. The van der Waals surface area contributed by atoms with E-state index in [4.69, 9.17) is 10.5 Å². The molecule has 0 atom stereocenters. The number of nitrogens with zero attached hydrogens (tertiary/aromatic N) is 3. The first-order valence-corrected chi connectivity index (χ1v) is 5.53. The van der Waals surface area contributed by atoms with Crippen LogP contribution < -0.4 is 10.5 Å². The zero-order chi connectivity index (χ0) is 13.2. The second-order valence-electron chi connectivity index (χ2n) is 3.83. The van der Waals surface area contributed by atoms with Gasteiger partial charge in [0.1, 0.15) is 17.1 Å². The molecule has 2 aromatic heterocycles. The minimum atomic E-state index is -0.530. The van der Waals surface area contributed by atoms with E-state index in [9.17, 15) is 4.39 Å². The molecule has 0 aliphatic rings. The Bertz CT molecular complexity index is 748. The molecule has 0 saturated carbocycles. The van der Waals surface area contributed by atoms with Crippen molar-refractivity contribution in [2.45, 2.75) is 0 Å². The third-order valence-electron chi connectivity index (χ3n) is 2.50. The van der Waals surface area contributed by atoms with Gasteiger partial charge in [0.15, 0.2) is 5.65 Å². The lowest BCUT2D eigenvalue weighted by atomic mass is 10.3. The smallest absolute Gasteiger partial charge is 0.221 e. The van der Waals surface area contributed by atoms with Crippen molar-refractivity contribution in [3.63, 3.8) is 0 Å². The van der Waals surface area contributed by atoms with Crippen molar-refractivity contribution in [1.82, 2.24) is 15.0 Å². The van der Waals surface area contributed by atoms with E-state index in [0.717, 1.165) is 0 Å². The number of fused-ring (bicyclic) bond motifs is 1. The number of aromatic nitrogens is 3. The number of rotatable bonds is 2. The highest BCUT2D eigenvalue weighted by Crippen LogP contribution is 2.23. The Hall–Kier alpha value is -2.76. The molecule has 94 valence electrons. The fourth-order valence-electron chi connectivity index (χ4n) is 1.59. The van der Waals surface area contributed by atoms with Gasteiger partial charge in [0, 0.05) is 24.5 Å². The topological polar surface area (TPSA) is 73.9 Å². The number of anilines is 1. The lowest BCUT2D eigenvalue weighted by molar-refractivity contribution is 0.460. The highest BCUT2D eigenvalue weighted by Gasteiger charge is 2.05. The Morgan fingerprint density at radius 1 is 1.05 bits per heavy atom. The Labute approximate surface area is 107 Å². The first-order valence-electron chi connectivity index (χ1n) is 5.53. The highest BCUT2D eigenvalue weighted by atomic mass is 19.1. The third kappa shape index (κ3) is 2.28. The highest BCUT2D eigenvalue weighted by molar-refractivity contribution is 5.69. The number of halogens is 1. The summed E-state index contributed by atoms with van der Waals surface area (Å²) in [6, 6.07) is 7.59. The van der Waals surface area contributed by atoms with Crippen molar-refractivity contribution < 1.29 is 9.13 Å². The fraction of sp³-hybridized carbons (Fsp3) is 0. The summed E-state index contributed by atoms with van der Waals surface area (Å²) in [6.07, 6.45) is 3.13. The predicted molar refractivity (Wildman–Crippen MR) is 68.2 cm³/mol. The van der Waals surface area contributed by atoms with Gasteiger partial charge in [-0.2, -0.15) is 4.98 Å².